The molecule has 0 aliphatic rings. The summed E-state index contributed by atoms with van der Waals surface area (Å²) in [7, 11) is 0. The van der Waals surface area contributed by atoms with Crippen LogP contribution in [0.2, 0.25) is 0 Å². The summed E-state index contributed by atoms with van der Waals surface area (Å²) in [6.45, 7) is 6.73. The summed E-state index contributed by atoms with van der Waals surface area (Å²) in [6.07, 6.45) is 1.02. The highest BCUT2D eigenvalue weighted by Crippen LogP contribution is 2.46. The molecule has 8 aromatic carbocycles. The van der Waals surface area contributed by atoms with E-state index in [0.29, 0.717) is 5.56 Å². The lowest BCUT2D eigenvalue weighted by Gasteiger charge is -2.34. The second-order valence-electron chi connectivity index (χ2n) is 15.0. The zero-order chi connectivity index (χ0) is 38.2. The third-order valence-corrected chi connectivity index (χ3v) is 11.2. The monoisotopic (exact) mass is 722 g/mol. The summed E-state index contributed by atoms with van der Waals surface area (Å²) >= 11 is 0. The number of aryl methyl sites for hydroxylation is 1. The maximum atomic E-state index is 13.0. The van der Waals surface area contributed by atoms with Crippen LogP contribution >= 0.6 is 0 Å². The molecule has 0 saturated heterocycles. The highest BCUT2D eigenvalue weighted by atomic mass is 16.1. The molecule has 0 radical (unpaired) electrons. The van der Waals surface area contributed by atoms with Gasteiger partial charge in [-0.15, -0.1) is 0 Å². The lowest BCUT2D eigenvalue weighted by Crippen LogP contribution is -2.24. The first kappa shape index (κ1) is 34.8. The van der Waals surface area contributed by atoms with E-state index in [2.05, 4.69) is 200 Å². The van der Waals surface area contributed by atoms with E-state index >= 15 is 0 Å². The molecule has 9 aromatic rings. The van der Waals surface area contributed by atoms with Crippen molar-refractivity contribution in [1.82, 2.24) is 4.57 Å². The van der Waals surface area contributed by atoms with Gasteiger partial charge in [0.15, 0.2) is 0 Å². The van der Waals surface area contributed by atoms with Gasteiger partial charge in [0, 0.05) is 44.5 Å². The normalized spacial score (nSPS) is 11.6. The maximum Gasteiger partial charge on any atom is 0.150 e. The number of para-hydroxylation sites is 4. The molecule has 0 fully saturated rings. The second kappa shape index (κ2) is 14.4. The van der Waals surface area contributed by atoms with Crippen molar-refractivity contribution in [2.75, 3.05) is 4.90 Å². The van der Waals surface area contributed by atoms with Gasteiger partial charge < -0.3 is 9.47 Å². The third-order valence-electron chi connectivity index (χ3n) is 11.2. The van der Waals surface area contributed by atoms with Gasteiger partial charge in [0.2, 0.25) is 0 Å². The molecule has 0 unspecified atom stereocenters. The number of aromatic nitrogens is 1. The van der Waals surface area contributed by atoms with Crippen molar-refractivity contribution in [3.8, 4) is 27.9 Å². The Balaban J connectivity index is 1.17. The minimum Gasteiger partial charge on any atom is -0.311 e. The van der Waals surface area contributed by atoms with Crippen LogP contribution in [0.15, 0.2) is 194 Å². The number of carbonyl (C=O) groups excluding carboxylic acids is 1. The molecule has 3 heteroatoms. The second-order valence-corrected chi connectivity index (χ2v) is 15.0. The van der Waals surface area contributed by atoms with Crippen molar-refractivity contribution in [2.24, 2.45) is 0 Å². The molecule has 0 saturated carbocycles. The molecule has 56 heavy (non-hydrogen) atoms. The van der Waals surface area contributed by atoms with Crippen LogP contribution in [0.3, 0.4) is 0 Å². The fourth-order valence-corrected chi connectivity index (χ4v) is 8.86. The first-order chi connectivity index (χ1) is 27.4. The van der Waals surface area contributed by atoms with Crippen LogP contribution in [-0.4, -0.2) is 10.9 Å². The summed E-state index contributed by atoms with van der Waals surface area (Å²) in [5.74, 6) is 0. The maximum absolute atomic E-state index is 13.0. The fourth-order valence-electron chi connectivity index (χ4n) is 8.86. The van der Waals surface area contributed by atoms with E-state index < -0.39 is 5.41 Å². The first-order valence-electron chi connectivity index (χ1n) is 19.2. The zero-order valence-corrected chi connectivity index (χ0v) is 31.9. The van der Waals surface area contributed by atoms with Crippen LogP contribution < -0.4 is 4.90 Å². The molecule has 0 aliphatic heterocycles. The number of hydrogen-bond acceptors (Lipinski definition) is 2. The molecule has 9 rings (SSSR count). The first-order valence-corrected chi connectivity index (χ1v) is 19.2. The Morgan fingerprint density at radius 3 is 1.68 bits per heavy atom. The number of benzene rings is 8. The Kier molecular flexibility index (Phi) is 8.91. The Bertz CT molecular complexity index is 2800. The number of aldehydes is 1. The van der Waals surface area contributed by atoms with Crippen molar-refractivity contribution in [3.05, 3.63) is 216 Å². The van der Waals surface area contributed by atoms with Crippen LogP contribution in [-0.2, 0) is 5.41 Å². The van der Waals surface area contributed by atoms with Crippen molar-refractivity contribution >= 4 is 45.2 Å². The number of rotatable bonds is 9. The van der Waals surface area contributed by atoms with E-state index in [1.807, 2.05) is 24.3 Å². The van der Waals surface area contributed by atoms with Crippen LogP contribution in [0.4, 0.5) is 17.1 Å². The lowest BCUT2D eigenvalue weighted by atomic mass is 9.69. The number of nitrogens with zero attached hydrogens (tertiary/aromatic N) is 2. The number of fused-ring (bicyclic) bond motifs is 3. The number of hydrogen-bond donors (Lipinski definition) is 0. The van der Waals surface area contributed by atoms with Crippen LogP contribution in [0.25, 0.3) is 49.7 Å². The number of anilines is 3. The quantitative estimate of drug-likeness (QED) is 0.139. The molecular weight excluding hydrogens is 681 g/mol. The standard InChI is InChI=1S/C53H42N2O/c1-37-17-15-26-46(39-31-34-50-48(35-39)47-25-13-14-28-49(47)55(50)43-23-11-6-12-24-43)51(37)53(2,3)52-40(36-56)18-16-27-45(52)38-29-32-44(33-30-38)54(41-19-7-4-8-20-41)42-21-9-5-10-22-42/h4-36H,1-3H3. The van der Waals surface area contributed by atoms with E-state index in [0.717, 1.165) is 56.9 Å². The average molecular weight is 723 g/mol. The van der Waals surface area contributed by atoms with E-state index in [9.17, 15) is 4.79 Å². The summed E-state index contributed by atoms with van der Waals surface area (Å²) in [4.78, 5) is 15.2. The fraction of sp³-hybridized carbons (Fsp3) is 0.0755. The highest BCUT2D eigenvalue weighted by molar-refractivity contribution is 6.10. The molecule has 0 spiro atoms. The summed E-state index contributed by atoms with van der Waals surface area (Å²) in [5.41, 5.74) is 14.7. The predicted molar refractivity (Wildman–Crippen MR) is 235 cm³/mol. The van der Waals surface area contributed by atoms with Gasteiger partial charge in [0.25, 0.3) is 0 Å². The number of carbonyl (C=O) groups is 1. The Morgan fingerprint density at radius 2 is 1.02 bits per heavy atom. The van der Waals surface area contributed by atoms with Gasteiger partial charge in [-0.05, 0) is 113 Å². The largest absolute Gasteiger partial charge is 0.311 e. The van der Waals surface area contributed by atoms with Gasteiger partial charge in [0.1, 0.15) is 6.29 Å². The zero-order valence-electron chi connectivity index (χ0n) is 31.9. The molecule has 1 heterocycles. The summed E-state index contributed by atoms with van der Waals surface area (Å²) in [6, 6.07) is 68.4. The molecule has 1 aromatic heterocycles. The molecule has 0 N–H and O–H groups in total. The van der Waals surface area contributed by atoms with E-state index in [4.69, 9.17) is 0 Å². The van der Waals surface area contributed by atoms with Gasteiger partial charge in [0.05, 0.1) is 11.0 Å². The van der Waals surface area contributed by atoms with Gasteiger partial charge in [-0.1, -0.05) is 141 Å². The predicted octanol–water partition coefficient (Wildman–Crippen LogP) is 14.0. The van der Waals surface area contributed by atoms with Gasteiger partial charge >= 0.3 is 0 Å². The third kappa shape index (κ3) is 5.99. The topological polar surface area (TPSA) is 25.2 Å². The van der Waals surface area contributed by atoms with E-state index in [-0.39, 0.29) is 0 Å². The Labute approximate surface area is 328 Å². The van der Waals surface area contributed by atoms with E-state index in [1.165, 1.54) is 32.9 Å². The van der Waals surface area contributed by atoms with Crippen molar-refractivity contribution in [3.63, 3.8) is 0 Å². The average Bonchev–Trinajstić information content (AvgIpc) is 3.58. The van der Waals surface area contributed by atoms with Gasteiger partial charge in [-0.3, -0.25) is 4.79 Å². The van der Waals surface area contributed by atoms with Crippen LogP contribution in [0.5, 0.6) is 0 Å². The minimum atomic E-state index is -0.542. The smallest absolute Gasteiger partial charge is 0.150 e. The van der Waals surface area contributed by atoms with Crippen LogP contribution in [0, 0.1) is 6.92 Å². The molecule has 270 valence electrons. The van der Waals surface area contributed by atoms with Crippen molar-refractivity contribution in [1.29, 1.82) is 0 Å². The van der Waals surface area contributed by atoms with Gasteiger partial charge in [-0.2, -0.15) is 0 Å². The molecule has 3 nitrogen and oxygen atoms in total. The molecular formula is C53H42N2O. The summed E-state index contributed by atoms with van der Waals surface area (Å²) < 4.78 is 2.35. The van der Waals surface area contributed by atoms with Gasteiger partial charge in [-0.25, -0.2) is 0 Å². The Hall–Kier alpha value is -6.97. The van der Waals surface area contributed by atoms with Crippen molar-refractivity contribution in [2.45, 2.75) is 26.2 Å². The SMILES string of the molecule is Cc1cccc(-c2ccc3c(c2)c2ccccc2n3-c2ccccc2)c1C(C)(C)c1c(C=O)cccc1-c1ccc(N(c2ccccc2)c2ccccc2)cc1. The lowest BCUT2D eigenvalue weighted by molar-refractivity contribution is 0.112. The molecule has 0 aliphatic carbocycles. The summed E-state index contributed by atoms with van der Waals surface area (Å²) in [5, 5.41) is 2.43. The van der Waals surface area contributed by atoms with Crippen molar-refractivity contribution < 1.29 is 4.79 Å². The molecule has 0 bridgehead atoms. The molecule has 0 amide bonds. The minimum absolute atomic E-state index is 0.542. The molecule has 0 atom stereocenters. The Morgan fingerprint density at radius 1 is 0.482 bits per heavy atom. The van der Waals surface area contributed by atoms with E-state index in [1.54, 1.807) is 0 Å². The van der Waals surface area contributed by atoms with Crippen LogP contribution in [0.1, 0.15) is 40.9 Å². The highest BCUT2D eigenvalue weighted by Gasteiger charge is 2.33.